The van der Waals surface area contributed by atoms with Crippen molar-refractivity contribution >= 4 is 11.8 Å². The van der Waals surface area contributed by atoms with E-state index in [4.69, 9.17) is 4.74 Å². The predicted molar refractivity (Wildman–Crippen MR) is 146 cm³/mol. The first kappa shape index (κ1) is 31.6. The second-order valence-electron chi connectivity index (χ2n) is 10.3. The molecule has 3 rings (SSSR count). The summed E-state index contributed by atoms with van der Waals surface area (Å²) in [6.45, 7) is 3.23. The number of piperidine rings is 1. The molecule has 218 valence electrons. The van der Waals surface area contributed by atoms with Crippen LogP contribution in [0.25, 0.3) is 0 Å². The normalized spacial score (nSPS) is 18.8. The Morgan fingerprint density at radius 2 is 1.90 bits per heavy atom. The summed E-state index contributed by atoms with van der Waals surface area (Å²) in [5.74, 6) is -1.38. The zero-order valence-corrected chi connectivity index (χ0v) is 22.8. The van der Waals surface area contributed by atoms with E-state index in [1.807, 2.05) is 25.2 Å². The molecule has 0 aromatic heterocycles. The van der Waals surface area contributed by atoms with Gasteiger partial charge >= 0.3 is 6.18 Å². The summed E-state index contributed by atoms with van der Waals surface area (Å²) in [7, 11) is 0. The summed E-state index contributed by atoms with van der Waals surface area (Å²) in [4.78, 5) is 18.7. The van der Waals surface area contributed by atoms with Crippen molar-refractivity contribution in [3.05, 3.63) is 71.6 Å². The van der Waals surface area contributed by atoms with Crippen molar-refractivity contribution in [3.63, 3.8) is 0 Å². The molecule has 1 fully saturated rings. The van der Waals surface area contributed by atoms with E-state index in [0.29, 0.717) is 51.7 Å². The number of nitrogens with one attached hydrogen (secondary N) is 1. The molecule has 2 aliphatic rings. The average Bonchev–Trinajstić information content (AvgIpc) is 3.21. The van der Waals surface area contributed by atoms with Crippen molar-refractivity contribution in [1.29, 1.82) is 10.5 Å². The van der Waals surface area contributed by atoms with Gasteiger partial charge in [-0.25, -0.2) is 9.38 Å². The number of likely N-dealkylation sites (tertiary alicyclic amines) is 1. The molecule has 1 aromatic rings. The number of rotatable bonds is 10. The molecule has 2 atom stereocenters. The molecule has 7 nitrogen and oxygen atoms in total. The zero-order chi connectivity index (χ0) is 29.9. The fraction of sp³-hybridized carbons (Fsp3) is 0.467. The summed E-state index contributed by atoms with van der Waals surface area (Å²) in [5, 5.41) is 21.9. The maximum absolute atomic E-state index is 13.2. The number of aliphatic imine (C=N–C) groups is 1. The first-order chi connectivity index (χ1) is 19.5. The number of benzene rings is 1. The van der Waals surface area contributed by atoms with Crippen LogP contribution < -0.4 is 5.32 Å². The molecular formula is C30H33F4N5O2. The van der Waals surface area contributed by atoms with Gasteiger partial charge in [-0.1, -0.05) is 42.5 Å². The van der Waals surface area contributed by atoms with Crippen LogP contribution in [0.15, 0.2) is 65.2 Å². The van der Waals surface area contributed by atoms with Crippen LogP contribution in [-0.4, -0.2) is 54.6 Å². The number of carbonyl (C=O) groups is 1. The van der Waals surface area contributed by atoms with Gasteiger partial charge < -0.3 is 15.0 Å². The topological polar surface area (TPSA) is 102 Å². The van der Waals surface area contributed by atoms with E-state index in [1.54, 1.807) is 30.5 Å². The first-order valence-corrected chi connectivity index (χ1v) is 13.5. The Balaban J connectivity index is 1.65. The van der Waals surface area contributed by atoms with Gasteiger partial charge in [0.15, 0.2) is 0 Å². The number of alkyl halides is 3. The molecule has 1 heterocycles. The minimum Gasteiger partial charge on any atom is -0.371 e. The van der Waals surface area contributed by atoms with Gasteiger partial charge in [-0.05, 0) is 62.3 Å². The molecule has 11 heteroatoms. The van der Waals surface area contributed by atoms with Gasteiger partial charge in [0.05, 0.1) is 18.2 Å². The quantitative estimate of drug-likeness (QED) is 0.172. The minimum absolute atomic E-state index is 0.0512. The maximum atomic E-state index is 13.2. The lowest BCUT2D eigenvalue weighted by Crippen LogP contribution is -2.46. The van der Waals surface area contributed by atoms with Gasteiger partial charge in [0.2, 0.25) is 11.8 Å². The average molecular weight is 572 g/mol. The molecular weight excluding hydrogens is 538 g/mol. The van der Waals surface area contributed by atoms with Gasteiger partial charge in [0.1, 0.15) is 17.7 Å². The van der Waals surface area contributed by atoms with E-state index in [0.717, 1.165) is 11.1 Å². The van der Waals surface area contributed by atoms with Crippen LogP contribution in [0, 0.1) is 34.1 Å². The van der Waals surface area contributed by atoms with Gasteiger partial charge in [0, 0.05) is 19.6 Å². The van der Waals surface area contributed by atoms with Gasteiger partial charge in [-0.3, -0.25) is 4.79 Å². The Hall–Kier alpha value is -3.96. The highest BCUT2D eigenvalue weighted by Gasteiger charge is 2.42. The second-order valence-corrected chi connectivity index (χ2v) is 10.3. The molecule has 0 radical (unpaired) electrons. The highest BCUT2D eigenvalue weighted by molar-refractivity contribution is 5.86. The van der Waals surface area contributed by atoms with Crippen LogP contribution in [0.1, 0.15) is 44.6 Å². The van der Waals surface area contributed by atoms with E-state index in [1.165, 1.54) is 12.1 Å². The number of nitriles is 2. The van der Waals surface area contributed by atoms with Crippen LogP contribution in [0.4, 0.5) is 17.6 Å². The van der Waals surface area contributed by atoms with E-state index in [-0.39, 0.29) is 17.8 Å². The maximum Gasteiger partial charge on any atom is 0.397 e. The summed E-state index contributed by atoms with van der Waals surface area (Å²) in [6, 6.07) is 7.39. The first-order valence-electron chi connectivity index (χ1n) is 13.5. The zero-order valence-electron chi connectivity index (χ0n) is 22.8. The molecule has 1 amide bonds. The van der Waals surface area contributed by atoms with E-state index < -0.39 is 30.0 Å². The summed E-state index contributed by atoms with van der Waals surface area (Å²) in [6.07, 6.45) is 6.82. The standard InChI is InChI=1S/C30H33F4N5O2/c1-22(18-23-8-10-25(31)11-9-23)37-28(41-21-36)29(20-35)13-16-39(17-14-29)15-12-26(24-6-4-2-3-5-7-24)38-27(40)19-30(32,33)34/h2-4,6-11,22,26H,5,12-19H2,1H3,(H,38,40). The summed E-state index contributed by atoms with van der Waals surface area (Å²) in [5.41, 5.74) is 0.480. The summed E-state index contributed by atoms with van der Waals surface area (Å²) < 4.78 is 56.8. The number of allylic oxidation sites excluding steroid dienone is 4. The van der Waals surface area contributed by atoms with Crippen LogP contribution in [0.5, 0.6) is 0 Å². The molecule has 1 aromatic carbocycles. The lowest BCUT2D eigenvalue weighted by Gasteiger charge is -2.37. The number of amides is 1. The van der Waals surface area contributed by atoms with Crippen LogP contribution in [0.3, 0.4) is 0 Å². The number of nitrogens with zero attached hydrogens (tertiary/aromatic N) is 4. The molecule has 41 heavy (non-hydrogen) atoms. The Labute approximate surface area is 237 Å². The SMILES string of the molecule is CC(Cc1ccc(F)cc1)N=C(OC#N)C1(C#N)CCN(CCC(NC(=O)CC(F)(F)F)C2=CCC=CC=C2)CC1. The monoisotopic (exact) mass is 571 g/mol. The van der Waals surface area contributed by atoms with Crippen molar-refractivity contribution in [2.45, 2.75) is 63.7 Å². The predicted octanol–water partition coefficient (Wildman–Crippen LogP) is 5.53. The highest BCUT2D eigenvalue weighted by atomic mass is 19.4. The minimum atomic E-state index is -4.60. The van der Waals surface area contributed by atoms with Crippen LogP contribution in [0.2, 0.25) is 0 Å². The van der Waals surface area contributed by atoms with Crippen molar-refractivity contribution in [2.75, 3.05) is 19.6 Å². The Kier molecular flexibility index (Phi) is 11.2. The van der Waals surface area contributed by atoms with E-state index >= 15 is 0 Å². The fourth-order valence-corrected chi connectivity index (χ4v) is 4.95. The third kappa shape index (κ3) is 9.87. The molecule has 1 N–H and O–H groups in total. The molecule has 0 saturated carbocycles. The third-order valence-electron chi connectivity index (χ3n) is 7.12. The highest BCUT2D eigenvalue weighted by Crippen LogP contribution is 2.34. The Morgan fingerprint density at radius 1 is 1.20 bits per heavy atom. The Morgan fingerprint density at radius 3 is 2.54 bits per heavy atom. The van der Waals surface area contributed by atoms with Crippen LogP contribution >= 0.6 is 0 Å². The Bertz CT molecular complexity index is 1250. The van der Waals surface area contributed by atoms with Crippen molar-refractivity contribution < 1.29 is 27.1 Å². The lowest BCUT2D eigenvalue weighted by atomic mass is 9.79. The lowest BCUT2D eigenvalue weighted by molar-refractivity contribution is -0.154. The van der Waals surface area contributed by atoms with Crippen molar-refractivity contribution in [1.82, 2.24) is 10.2 Å². The number of hydrogen-bond acceptors (Lipinski definition) is 6. The molecule has 2 unspecified atom stereocenters. The van der Waals surface area contributed by atoms with Crippen molar-refractivity contribution in [2.24, 2.45) is 10.4 Å². The molecule has 0 spiro atoms. The van der Waals surface area contributed by atoms with Gasteiger partial charge in [0.25, 0.3) is 6.26 Å². The van der Waals surface area contributed by atoms with Crippen molar-refractivity contribution in [3.8, 4) is 12.3 Å². The molecule has 1 aliphatic heterocycles. The summed E-state index contributed by atoms with van der Waals surface area (Å²) >= 11 is 0. The number of hydrogen-bond donors (Lipinski definition) is 1. The molecule has 0 bridgehead atoms. The third-order valence-corrected chi connectivity index (χ3v) is 7.12. The fourth-order valence-electron chi connectivity index (χ4n) is 4.95. The smallest absolute Gasteiger partial charge is 0.371 e. The second kappa shape index (κ2) is 14.6. The molecule has 1 saturated heterocycles. The number of halogens is 4. The molecule has 1 aliphatic carbocycles. The van der Waals surface area contributed by atoms with E-state index in [2.05, 4.69) is 21.3 Å². The largest absolute Gasteiger partial charge is 0.397 e. The van der Waals surface area contributed by atoms with E-state index in [9.17, 15) is 32.9 Å². The number of ether oxygens (including phenoxy) is 1. The van der Waals surface area contributed by atoms with Gasteiger partial charge in [-0.2, -0.15) is 18.4 Å². The van der Waals surface area contributed by atoms with Gasteiger partial charge in [-0.15, -0.1) is 5.26 Å². The van der Waals surface area contributed by atoms with Crippen LogP contribution in [-0.2, 0) is 16.0 Å². The number of carbonyl (C=O) groups excluding carboxylic acids is 1.